The monoisotopic (exact) mass is 200 g/mol. The Balaban J connectivity index is 2.27. The highest BCUT2D eigenvalue weighted by Crippen LogP contribution is 2.16. The lowest BCUT2D eigenvalue weighted by atomic mass is 10.0. The normalized spacial score (nSPS) is 20.1. The summed E-state index contributed by atoms with van der Waals surface area (Å²) in [6.45, 7) is 3.21. The molecule has 2 amide bonds. The number of carbonyl (C=O) groups is 2. The molecule has 1 aliphatic heterocycles. The standard InChI is InChI=1S/C9H16N2O3/c1-2-3-5-10-9(14)11-6-4-7(11)8(12)13/h7H,2-6H2,1H3,(H,10,14)(H,12,13)/t7-/m0/s1. The van der Waals surface area contributed by atoms with Gasteiger partial charge < -0.3 is 15.3 Å². The minimum absolute atomic E-state index is 0.253. The summed E-state index contributed by atoms with van der Waals surface area (Å²) in [5, 5.41) is 11.4. The van der Waals surface area contributed by atoms with Gasteiger partial charge in [0.1, 0.15) is 6.04 Å². The molecular formula is C9H16N2O3. The van der Waals surface area contributed by atoms with E-state index >= 15 is 0 Å². The number of rotatable bonds is 4. The fourth-order valence-electron chi connectivity index (χ4n) is 1.36. The van der Waals surface area contributed by atoms with Crippen LogP contribution in [0.2, 0.25) is 0 Å². The summed E-state index contributed by atoms with van der Waals surface area (Å²) in [5.41, 5.74) is 0. The zero-order valence-corrected chi connectivity index (χ0v) is 8.32. The number of aliphatic carboxylic acids is 1. The molecule has 0 saturated carbocycles. The lowest BCUT2D eigenvalue weighted by Gasteiger charge is -2.37. The Morgan fingerprint density at radius 1 is 1.57 bits per heavy atom. The maximum absolute atomic E-state index is 11.4. The van der Waals surface area contributed by atoms with E-state index in [2.05, 4.69) is 5.32 Å². The Labute approximate surface area is 83.1 Å². The maximum atomic E-state index is 11.4. The van der Waals surface area contributed by atoms with Crippen molar-refractivity contribution < 1.29 is 14.7 Å². The molecule has 0 aliphatic carbocycles. The third-order valence-electron chi connectivity index (χ3n) is 2.37. The fraction of sp³-hybridized carbons (Fsp3) is 0.778. The molecule has 0 bridgehead atoms. The Bertz CT molecular complexity index is 230. The lowest BCUT2D eigenvalue weighted by molar-refractivity contribution is -0.145. The first-order chi connectivity index (χ1) is 6.66. The third kappa shape index (κ3) is 2.37. The van der Waals surface area contributed by atoms with E-state index in [0.29, 0.717) is 19.5 Å². The van der Waals surface area contributed by atoms with Crippen molar-refractivity contribution in [3.63, 3.8) is 0 Å². The van der Waals surface area contributed by atoms with Crippen LogP contribution in [0.25, 0.3) is 0 Å². The van der Waals surface area contributed by atoms with Crippen LogP contribution in [0.4, 0.5) is 4.79 Å². The molecule has 14 heavy (non-hydrogen) atoms. The maximum Gasteiger partial charge on any atom is 0.326 e. The molecular weight excluding hydrogens is 184 g/mol. The third-order valence-corrected chi connectivity index (χ3v) is 2.37. The van der Waals surface area contributed by atoms with Crippen LogP contribution in [-0.4, -0.2) is 41.1 Å². The molecule has 1 atom stereocenters. The zero-order chi connectivity index (χ0) is 10.6. The van der Waals surface area contributed by atoms with Crippen LogP contribution in [0.1, 0.15) is 26.2 Å². The van der Waals surface area contributed by atoms with Crippen LogP contribution in [0.15, 0.2) is 0 Å². The molecule has 0 radical (unpaired) electrons. The van der Waals surface area contributed by atoms with Crippen molar-refractivity contribution in [2.45, 2.75) is 32.2 Å². The predicted molar refractivity (Wildman–Crippen MR) is 51.1 cm³/mol. The van der Waals surface area contributed by atoms with Gasteiger partial charge >= 0.3 is 12.0 Å². The van der Waals surface area contributed by atoms with Gasteiger partial charge in [-0.25, -0.2) is 9.59 Å². The molecule has 1 aliphatic rings. The number of amides is 2. The second kappa shape index (κ2) is 4.83. The van der Waals surface area contributed by atoms with E-state index in [4.69, 9.17) is 5.11 Å². The summed E-state index contributed by atoms with van der Waals surface area (Å²) in [6, 6.07) is -0.867. The molecule has 1 heterocycles. The minimum atomic E-state index is -0.915. The number of nitrogens with one attached hydrogen (secondary N) is 1. The molecule has 5 heteroatoms. The highest BCUT2D eigenvalue weighted by atomic mass is 16.4. The number of urea groups is 1. The van der Waals surface area contributed by atoms with Gasteiger partial charge in [0.2, 0.25) is 0 Å². The summed E-state index contributed by atoms with van der Waals surface area (Å²) < 4.78 is 0. The molecule has 1 fully saturated rings. The average Bonchev–Trinajstić information content (AvgIpc) is 2.01. The lowest BCUT2D eigenvalue weighted by Crippen LogP contribution is -2.58. The zero-order valence-electron chi connectivity index (χ0n) is 8.32. The van der Waals surface area contributed by atoms with E-state index in [1.165, 1.54) is 4.90 Å². The topological polar surface area (TPSA) is 69.6 Å². The van der Waals surface area contributed by atoms with Gasteiger partial charge in [0, 0.05) is 13.1 Å². The molecule has 0 aromatic carbocycles. The largest absolute Gasteiger partial charge is 0.480 e. The van der Waals surface area contributed by atoms with Crippen molar-refractivity contribution in [1.29, 1.82) is 0 Å². The van der Waals surface area contributed by atoms with E-state index in [-0.39, 0.29) is 6.03 Å². The summed E-state index contributed by atoms with van der Waals surface area (Å²) >= 11 is 0. The molecule has 0 aromatic heterocycles. The number of carboxylic acids is 1. The van der Waals surface area contributed by atoms with Crippen molar-refractivity contribution in [3.8, 4) is 0 Å². The number of unbranched alkanes of at least 4 members (excludes halogenated alkanes) is 1. The van der Waals surface area contributed by atoms with Crippen LogP contribution in [-0.2, 0) is 4.79 Å². The van der Waals surface area contributed by atoms with Crippen molar-refractivity contribution in [1.82, 2.24) is 10.2 Å². The SMILES string of the molecule is CCCCNC(=O)N1CC[C@H]1C(=O)O. The van der Waals surface area contributed by atoms with Crippen molar-refractivity contribution in [3.05, 3.63) is 0 Å². The van der Waals surface area contributed by atoms with E-state index in [0.717, 1.165) is 12.8 Å². The Hall–Kier alpha value is -1.26. The van der Waals surface area contributed by atoms with E-state index in [9.17, 15) is 9.59 Å². The van der Waals surface area contributed by atoms with Gasteiger partial charge in [-0.1, -0.05) is 13.3 Å². The number of nitrogens with zero attached hydrogens (tertiary/aromatic N) is 1. The number of carboxylic acid groups (broad SMARTS) is 1. The van der Waals surface area contributed by atoms with Gasteiger partial charge in [-0.05, 0) is 12.8 Å². The Morgan fingerprint density at radius 2 is 2.29 bits per heavy atom. The molecule has 80 valence electrons. The summed E-state index contributed by atoms with van der Waals surface area (Å²) in [5.74, 6) is -0.915. The summed E-state index contributed by atoms with van der Waals surface area (Å²) in [6.07, 6.45) is 2.51. The predicted octanol–water partition coefficient (Wildman–Crippen LogP) is 0.655. The molecule has 0 spiro atoms. The van der Waals surface area contributed by atoms with Crippen LogP contribution < -0.4 is 5.32 Å². The average molecular weight is 200 g/mol. The molecule has 1 saturated heterocycles. The van der Waals surface area contributed by atoms with Gasteiger partial charge in [-0.2, -0.15) is 0 Å². The van der Waals surface area contributed by atoms with Crippen LogP contribution in [0.5, 0.6) is 0 Å². The fourth-order valence-corrected chi connectivity index (χ4v) is 1.36. The number of carbonyl (C=O) groups excluding carboxylic acids is 1. The van der Waals surface area contributed by atoms with Crippen molar-refractivity contribution in [2.24, 2.45) is 0 Å². The van der Waals surface area contributed by atoms with Crippen LogP contribution >= 0.6 is 0 Å². The van der Waals surface area contributed by atoms with Gasteiger partial charge in [-0.3, -0.25) is 0 Å². The number of hydrogen-bond donors (Lipinski definition) is 2. The molecule has 0 unspecified atom stereocenters. The highest BCUT2D eigenvalue weighted by Gasteiger charge is 2.37. The molecule has 1 rings (SSSR count). The van der Waals surface area contributed by atoms with Crippen molar-refractivity contribution in [2.75, 3.05) is 13.1 Å². The second-order valence-corrected chi connectivity index (χ2v) is 3.42. The quantitative estimate of drug-likeness (QED) is 0.655. The van der Waals surface area contributed by atoms with Gasteiger partial charge in [0.25, 0.3) is 0 Å². The van der Waals surface area contributed by atoms with Gasteiger partial charge in [0.05, 0.1) is 0 Å². The van der Waals surface area contributed by atoms with Crippen LogP contribution in [0, 0.1) is 0 Å². The van der Waals surface area contributed by atoms with Gasteiger partial charge in [0.15, 0.2) is 0 Å². The van der Waals surface area contributed by atoms with Gasteiger partial charge in [-0.15, -0.1) is 0 Å². The minimum Gasteiger partial charge on any atom is -0.480 e. The summed E-state index contributed by atoms with van der Waals surface area (Å²) in [4.78, 5) is 23.3. The van der Waals surface area contributed by atoms with E-state index in [1.807, 2.05) is 6.92 Å². The van der Waals surface area contributed by atoms with E-state index in [1.54, 1.807) is 0 Å². The number of hydrogen-bond acceptors (Lipinski definition) is 2. The smallest absolute Gasteiger partial charge is 0.326 e. The molecule has 2 N–H and O–H groups in total. The highest BCUT2D eigenvalue weighted by molar-refractivity contribution is 5.84. The van der Waals surface area contributed by atoms with E-state index < -0.39 is 12.0 Å². The molecule has 5 nitrogen and oxygen atoms in total. The first-order valence-electron chi connectivity index (χ1n) is 4.94. The Kier molecular flexibility index (Phi) is 3.73. The van der Waals surface area contributed by atoms with Crippen molar-refractivity contribution >= 4 is 12.0 Å². The second-order valence-electron chi connectivity index (χ2n) is 3.42. The van der Waals surface area contributed by atoms with Crippen LogP contribution in [0.3, 0.4) is 0 Å². The molecule has 0 aromatic rings. The number of likely N-dealkylation sites (tertiary alicyclic amines) is 1. The first kappa shape index (κ1) is 10.8. The summed E-state index contributed by atoms with van der Waals surface area (Å²) in [7, 11) is 0. The Morgan fingerprint density at radius 3 is 2.71 bits per heavy atom. The first-order valence-corrected chi connectivity index (χ1v) is 4.94.